The minimum absolute atomic E-state index is 0.0890. The van der Waals surface area contributed by atoms with Crippen molar-refractivity contribution in [2.45, 2.75) is 19.1 Å². The van der Waals surface area contributed by atoms with E-state index in [0.29, 0.717) is 0 Å². The number of hydrogen-bond donors (Lipinski definition) is 1. The van der Waals surface area contributed by atoms with E-state index in [2.05, 4.69) is 4.74 Å². The van der Waals surface area contributed by atoms with Crippen LogP contribution in [0.3, 0.4) is 0 Å². The summed E-state index contributed by atoms with van der Waals surface area (Å²) in [6, 6.07) is 10.4. The van der Waals surface area contributed by atoms with Crippen LogP contribution in [-0.4, -0.2) is 18.2 Å². The molecule has 0 saturated carbocycles. The predicted octanol–water partition coefficient (Wildman–Crippen LogP) is 1.82. The number of esters is 1. The Balaban J connectivity index is 2.19. The zero-order valence-electron chi connectivity index (χ0n) is 12.0. The van der Waals surface area contributed by atoms with E-state index in [9.17, 15) is 14.7 Å². The fraction of sp³-hybridized carbons (Fsp3) is 0.250. The number of methoxy groups -OCH3 is 1. The molecular formula is C16H16O6. The van der Waals surface area contributed by atoms with Gasteiger partial charge in [0.15, 0.2) is 5.76 Å². The third-order valence-corrected chi connectivity index (χ3v) is 2.98. The van der Waals surface area contributed by atoms with Crippen molar-refractivity contribution >= 4 is 5.97 Å². The molecule has 0 aliphatic rings. The Labute approximate surface area is 126 Å². The summed E-state index contributed by atoms with van der Waals surface area (Å²) in [5, 5.41) is 10.0. The highest BCUT2D eigenvalue weighted by atomic mass is 16.5. The molecule has 1 aromatic heterocycles. The fourth-order valence-corrected chi connectivity index (χ4v) is 1.86. The predicted molar refractivity (Wildman–Crippen MR) is 77.3 cm³/mol. The van der Waals surface area contributed by atoms with Crippen LogP contribution in [0.15, 0.2) is 51.9 Å². The SMILES string of the molecule is COC(=O)CC(O)c1occc(=O)c1OCc1ccccc1. The lowest BCUT2D eigenvalue weighted by Gasteiger charge is -2.13. The van der Waals surface area contributed by atoms with E-state index < -0.39 is 17.5 Å². The van der Waals surface area contributed by atoms with Crippen LogP contribution < -0.4 is 10.2 Å². The summed E-state index contributed by atoms with van der Waals surface area (Å²) >= 11 is 0. The molecule has 0 aliphatic heterocycles. The Kier molecular flexibility index (Phi) is 5.32. The van der Waals surface area contributed by atoms with Crippen LogP contribution in [0.1, 0.15) is 23.8 Å². The third kappa shape index (κ3) is 3.95. The van der Waals surface area contributed by atoms with Crippen molar-refractivity contribution in [1.29, 1.82) is 0 Å². The lowest BCUT2D eigenvalue weighted by molar-refractivity contribution is -0.143. The van der Waals surface area contributed by atoms with Gasteiger partial charge in [0.25, 0.3) is 0 Å². The molecule has 1 aromatic carbocycles. The summed E-state index contributed by atoms with van der Waals surface area (Å²) in [4.78, 5) is 23.1. The van der Waals surface area contributed by atoms with Crippen molar-refractivity contribution < 1.29 is 23.8 Å². The molecule has 0 spiro atoms. The highest BCUT2D eigenvalue weighted by Crippen LogP contribution is 2.25. The molecule has 0 radical (unpaired) electrons. The van der Waals surface area contributed by atoms with Crippen LogP contribution in [0.2, 0.25) is 0 Å². The average Bonchev–Trinajstić information content (AvgIpc) is 2.54. The second-order valence-corrected chi connectivity index (χ2v) is 4.55. The summed E-state index contributed by atoms with van der Waals surface area (Å²) in [5.74, 6) is -0.815. The average molecular weight is 304 g/mol. The van der Waals surface area contributed by atoms with Crippen molar-refractivity contribution in [3.63, 3.8) is 0 Å². The van der Waals surface area contributed by atoms with Gasteiger partial charge in [-0.2, -0.15) is 0 Å². The summed E-state index contributed by atoms with van der Waals surface area (Å²) in [6.07, 6.45) is -0.495. The molecule has 1 atom stereocenters. The third-order valence-electron chi connectivity index (χ3n) is 2.98. The molecule has 2 aromatic rings. The van der Waals surface area contributed by atoms with E-state index in [1.165, 1.54) is 13.2 Å². The second-order valence-electron chi connectivity index (χ2n) is 4.55. The lowest BCUT2D eigenvalue weighted by Crippen LogP contribution is -2.14. The van der Waals surface area contributed by atoms with E-state index in [1.54, 1.807) is 0 Å². The molecule has 1 N–H and O–H groups in total. The first-order valence-corrected chi connectivity index (χ1v) is 6.65. The summed E-state index contributed by atoms with van der Waals surface area (Å²) < 4.78 is 15.1. The van der Waals surface area contributed by atoms with Gasteiger partial charge in [-0.1, -0.05) is 30.3 Å². The maximum Gasteiger partial charge on any atom is 0.308 e. The highest BCUT2D eigenvalue weighted by molar-refractivity contribution is 5.70. The van der Waals surface area contributed by atoms with Gasteiger partial charge in [0, 0.05) is 6.07 Å². The number of carbonyl (C=O) groups is 1. The smallest absolute Gasteiger partial charge is 0.308 e. The normalized spacial score (nSPS) is 11.7. The van der Waals surface area contributed by atoms with E-state index in [4.69, 9.17) is 9.15 Å². The molecule has 0 amide bonds. The molecule has 0 saturated heterocycles. The molecular weight excluding hydrogens is 288 g/mol. The number of aliphatic hydroxyl groups excluding tert-OH is 1. The Morgan fingerprint density at radius 1 is 1.27 bits per heavy atom. The zero-order chi connectivity index (χ0) is 15.9. The van der Waals surface area contributed by atoms with E-state index >= 15 is 0 Å². The molecule has 0 aliphatic carbocycles. The first kappa shape index (κ1) is 15.8. The number of ether oxygens (including phenoxy) is 2. The van der Waals surface area contributed by atoms with Gasteiger partial charge in [-0.15, -0.1) is 0 Å². The number of benzene rings is 1. The largest absolute Gasteiger partial charge is 0.482 e. The minimum atomic E-state index is -1.31. The van der Waals surface area contributed by atoms with Crippen LogP contribution in [0.25, 0.3) is 0 Å². The molecule has 0 fully saturated rings. The number of hydrogen-bond acceptors (Lipinski definition) is 6. The van der Waals surface area contributed by atoms with Gasteiger partial charge in [-0.25, -0.2) is 0 Å². The molecule has 6 heteroatoms. The quantitative estimate of drug-likeness (QED) is 0.819. The van der Waals surface area contributed by atoms with Crippen molar-refractivity contribution in [3.05, 3.63) is 64.2 Å². The Hall–Kier alpha value is -2.60. The fourth-order valence-electron chi connectivity index (χ4n) is 1.86. The number of carbonyl (C=O) groups excluding carboxylic acids is 1. The molecule has 2 rings (SSSR count). The second kappa shape index (κ2) is 7.42. The monoisotopic (exact) mass is 304 g/mol. The van der Waals surface area contributed by atoms with E-state index in [1.807, 2.05) is 30.3 Å². The van der Waals surface area contributed by atoms with Crippen molar-refractivity contribution in [1.82, 2.24) is 0 Å². The first-order valence-electron chi connectivity index (χ1n) is 6.65. The topological polar surface area (TPSA) is 86.0 Å². The number of aliphatic hydroxyl groups is 1. The molecule has 1 heterocycles. The van der Waals surface area contributed by atoms with Crippen LogP contribution in [0.4, 0.5) is 0 Å². The zero-order valence-corrected chi connectivity index (χ0v) is 12.0. The minimum Gasteiger partial charge on any atom is -0.482 e. The lowest BCUT2D eigenvalue weighted by atomic mass is 10.1. The van der Waals surface area contributed by atoms with Crippen LogP contribution >= 0.6 is 0 Å². The summed E-state index contributed by atoms with van der Waals surface area (Å²) in [7, 11) is 1.21. The molecule has 22 heavy (non-hydrogen) atoms. The standard InChI is InChI=1S/C16H16O6/c1-20-14(19)9-13(18)16-15(12(17)7-8-21-16)22-10-11-5-3-2-4-6-11/h2-8,13,18H,9-10H2,1H3. The van der Waals surface area contributed by atoms with Crippen LogP contribution in [0, 0.1) is 0 Å². The summed E-state index contributed by atoms with van der Waals surface area (Å²) in [5.41, 5.74) is 0.431. The van der Waals surface area contributed by atoms with Crippen molar-refractivity contribution in [2.75, 3.05) is 7.11 Å². The van der Waals surface area contributed by atoms with Crippen molar-refractivity contribution in [2.24, 2.45) is 0 Å². The number of rotatable bonds is 6. The molecule has 1 unspecified atom stereocenters. The van der Waals surface area contributed by atoms with Crippen LogP contribution in [-0.2, 0) is 16.1 Å². The van der Waals surface area contributed by atoms with Crippen molar-refractivity contribution in [3.8, 4) is 5.75 Å². The Morgan fingerprint density at radius 3 is 2.68 bits per heavy atom. The highest BCUT2D eigenvalue weighted by Gasteiger charge is 2.22. The summed E-state index contributed by atoms with van der Waals surface area (Å²) in [6.45, 7) is 0.146. The van der Waals surface area contributed by atoms with Gasteiger partial charge in [-0.3, -0.25) is 9.59 Å². The van der Waals surface area contributed by atoms with Gasteiger partial charge in [0.2, 0.25) is 11.2 Å². The molecule has 116 valence electrons. The Bertz CT molecular complexity index is 677. The van der Waals surface area contributed by atoms with Crippen LogP contribution in [0.5, 0.6) is 5.75 Å². The van der Waals surface area contributed by atoms with Gasteiger partial charge in [0.1, 0.15) is 12.7 Å². The van der Waals surface area contributed by atoms with Gasteiger partial charge < -0.3 is 19.0 Å². The van der Waals surface area contributed by atoms with Gasteiger partial charge in [0.05, 0.1) is 19.8 Å². The maximum absolute atomic E-state index is 11.9. The first-order chi connectivity index (χ1) is 10.6. The van der Waals surface area contributed by atoms with Gasteiger partial charge in [-0.05, 0) is 5.56 Å². The molecule has 6 nitrogen and oxygen atoms in total. The Morgan fingerprint density at radius 2 is 2.00 bits per heavy atom. The maximum atomic E-state index is 11.9. The van der Waals surface area contributed by atoms with E-state index in [-0.39, 0.29) is 24.5 Å². The van der Waals surface area contributed by atoms with E-state index in [0.717, 1.165) is 11.8 Å². The van der Waals surface area contributed by atoms with Gasteiger partial charge >= 0.3 is 5.97 Å². The molecule has 0 bridgehead atoms.